The first-order valence-corrected chi connectivity index (χ1v) is 20.1. The molecule has 2 aromatic heterocycles. The molecule has 0 aliphatic carbocycles. The summed E-state index contributed by atoms with van der Waals surface area (Å²) in [7, 11) is 0. The third-order valence-electron chi connectivity index (χ3n) is 11.4. The Bertz CT molecular complexity index is 3430. The summed E-state index contributed by atoms with van der Waals surface area (Å²) in [5.74, 6) is 0. The van der Waals surface area contributed by atoms with Crippen molar-refractivity contribution in [2.24, 2.45) is 0 Å². The fourth-order valence-electron chi connectivity index (χ4n) is 8.96. The lowest BCUT2D eigenvalue weighted by molar-refractivity contribution is 1.64. The van der Waals surface area contributed by atoms with E-state index in [9.17, 15) is 0 Å². The Morgan fingerprint density at radius 2 is 0.852 bits per heavy atom. The van der Waals surface area contributed by atoms with Crippen molar-refractivity contribution in [3.8, 4) is 33.4 Å². The number of thiophene rings is 2. The fourth-order valence-corrected chi connectivity index (χ4v) is 11.3. The molecule has 0 spiro atoms. The van der Waals surface area contributed by atoms with Gasteiger partial charge in [0.25, 0.3) is 0 Å². The third kappa shape index (κ3) is 4.42. The first-order valence-electron chi connectivity index (χ1n) is 18.5. The van der Waals surface area contributed by atoms with Gasteiger partial charge in [-0.25, -0.2) is 0 Å². The van der Waals surface area contributed by atoms with E-state index < -0.39 is 0 Å². The van der Waals surface area contributed by atoms with Gasteiger partial charge in [0.05, 0.1) is 0 Å². The topological polar surface area (TPSA) is 0 Å². The highest BCUT2D eigenvalue weighted by molar-refractivity contribution is 7.27. The van der Waals surface area contributed by atoms with Crippen molar-refractivity contribution in [2.45, 2.75) is 0 Å². The molecule has 0 N–H and O–H groups in total. The largest absolute Gasteiger partial charge is 0.135 e. The van der Waals surface area contributed by atoms with Crippen molar-refractivity contribution < 1.29 is 0 Å². The van der Waals surface area contributed by atoms with Crippen LogP contribution in [0.1, 0.15) is 0 Å². The SMILES string of the molecule is c1ccc2c(-c3c4ccccc4c(-c4ccc(-c5ccc6sc7c8cc9c(cc8ccc7c6c5)sc5ccccc59)cc4)c4ccccc34)cccc2c1. The molecule has 0 unspecified atom stereocenters. The van der Waals surface area contributed by atoms with E-state index in [4.69, 9.17) is 0 Å². The summed E-state index contributed by atoms with van der Waals surface area (Å²) in [6, 6.07) is 67.8. The number of hydrogen-bond donors (Lipinski definition) is 0. The van der Waals surface area contributed by atoms with Gasteiger partial charge in [0.15, 0.2) is 0 Å². The first-order chi connectivity index (χ1) is 26.8. The average molecular weight is 719 g/mol. The van der Waals surface area contributed by atoms with Crippen molar-refractivity contribution in [1.82, 2.24) is 0 Å². The molecule has 12 aromatic rings. The maximum Gasteiger partial charge on any atom is 0.0434 e. The van der Waals surface area contributed by atoms with E-state index in [0.717, 1.165) is 0 Å². The van der Waals surface area contributed by atoms with Gasteiger partial charge < -0.3 is 0 Å². The molecule has 0 aliphatic heterocycles. The summed E-state index contributed by atoms with van der Waals surface area (Å²) in [6.07, 6.45) is 0. The minimum absolute atomic E-state index is 1.23. The highest BCUT2D eigenvalue weighted by Crippen LogP contribution is 2.47. The number of rotatable bonds is 3. The van der Waals surface area contributed by atoms with Gasteiger partial charge in [-0.15, -0.1) is 22.7 Å². The lowest BCUT2D eigenvalue weighted by Crippen LogP contribution is -1.91. The van der Waals surface area contributed by atoms with Gasteiger partial charge in [-0.1, -0.05) is 152 Å². The fraction of sp³-hybridized carbons (Fsp3) is 0. The Hall–Kier alpha value is -6.32. The third-order valence-corrected chi connectivity index (χ3v) is 13.8. The molecule has 0 aliphatic rings. The molecule has 0 radical (unpaired) electrons. The average Bonchev–Trinajstić information content (AvgIpc) is 3.79. The van der Waals surface area contributed by atoms with Crippen LogP contribution in [0.5, 0.6) is 0 Å². The molecule has 0 bridgehead atoms. The van der Waals surface area contributed by atoms with E-state index in [2.05, 4.69) is 182 Å². The Balaban J connectivity index is 0.997. The van der Waals surface area contributed by atoms with Crippen molar-refractivity contribution in [3.63, 3.8) is 0 Å². The van der Waals surface area contributed by atoms with E-state index >= 15 is 0 Å². The molecule has 2 heteroatoms. The van der Waals surface area contributed by atoms with Crippen LogP contribution in [0.25, 0.3) is 117 Å². The van der Waals surface area contributed by atoms with Gasteiger partial charge in [0.1, 0.15) is 0 Å². The van der Waals surface area contributed by atoms with E-state index in [1.165, 1.54) is 117 Å². The van der Waals surface area contributed by atoms with Crippen LogP contribution in [-0.4, -0.2) is 0 Å². The van der Waals surface area contributed by atoms with Crippen molar-refractivity contribution in [2.75, 3.05) is 0 Å². The highest BCUT2D eigenvalue weighted by atomic mass is 32.1. The first kappa shape index (κ1) is 30.2. The lowest BCUT2D eigenvalue weighted by atomic mass is 9.84. The Kier molecular flexibility index (Phi) is 6.48. The minimum Gasteiger partial charge on any atom is -0.135 e. The quantitative estimate of drug-likeness (QED) is 0.160. The predicted molar refractivity (Wildman–Crippen MR) is 239 cm³/mol. The zero-order valence-electron chi connectivity index (χ0n) is 29.1. The maximum atomic E-state index is 2.43. The molecule has 2 heterocycles. The second kappa shape index (κ2) is 11.6. The molecule has 10 aromatic carbocycles. The van der Waals surface area contributed by atoms with Gasteiger partial charge >= 0.3 is 0 Å². The zero-order chi connectivity index (χ0) is 35.3. The summed E-state index contributed by atoms with van der Waals surface area (Å²) in [5, 5.41) is 15.7. The van der Waals surface area contributed by atoms with Crippen LogP contribution in [0.15, 0.2) is 182 Å². The van der Waals surface area contributed by atoms with Crippen LogP contribution in [0.2, 0.25) is 0 Å². The van der Waals surface area contributed by atoms with Gasteiger partial charge in [0.2, 0.25) is 0 Å². The van der Waals surface area contributed by atoms with Crippen LogP contribution in [0.4, 0.5) is 0 Å². The second-order valence-corrected chi connectivity index (χ2v) is 16.5. The summed E-state index contributed by atoms with van der Waals surface area (Å²) in [4.78, 5) is 0. The maximum absolute atomic E-state index is 2.43. The Morgan fingerprint density at radius 1 is 0.259 bits per heavy atom. The number of fused-ring (bicyclic) bond motifs is 11. The van der Waals surface area contributed by atoms with Crippen molar-refractivity contribution >= 4 is 106 Å². The summed E-state index contributed by atoms with van der Waals surface area (Å²) in [5.41, 5.74) is 7.57. The molecule has 12 rings (SSSR count). The number of benzene rings is 10. The summed E-state index contributed by atoms with van der Waals surface area (Å²) < 4.78 is 5.41. The molecule has 0 nitrogen and oxygen atoms in total. The smallest absolute Gasteiger partial charge is 0.0434 e. The van der Waals surface area contributed by atoms with Crippen molar-refractivity contribution in [1.29, 1.82) is 0 Å². The number of hydrogen-bond acceptors (Lipinski definition) is 2. The van der Waals surface area contributed by atoms with Crippen LogP contribution in [-0.2, 0) is 0 Å². The van der Waals surface area contributed by atoms with Gasteiger partial charge in [-0.2, -0.15) is 0 Å². The van der Waals surface area contributed by atoms with Crippen LogP contribution in [0, 0.1) is 0 Å². The summed E-state index contributed by atoms with van der Waals surface area (Å²) in [6.45, 7) is 0. The highest BCUT2D eigenvalue weighted by Gasteiger charge is 2.18. The van der Waals surface area contributed by atoms with E-state index in [-0.39, 0.29) is 0 Å². The standard InChI is InChI=1S/C52H30S2/c1-2-12-36-32(10-1)11-9-18-38(36)51-41-16-5-3-14-39(41)50(40-15-4-6-17-42(40)51)33-22-20-31(21-23-33)34-25-27-48-45(28-34)43-26-24-35-29-49-46(30-44(35)52(43)54-48)37-13-7-8-19-47(37)53-49/h1-30H. The van der Waals surface area contributed by atoms with E-state index in [1.807, 2.05) is 22.7 Å². The molecule has 250 valence electrons. The molecular formula is C52H30S2. The van der Waals surface area contributed by atoms with Crippen LogP contribution >= 0.6 is 22.7 Å². The predicted octanol–water partition coefficient (Wildman–Crippen LogP) is 16.0. The molecule has 0 fully saturated rings. The van der Waals surface area contributed by atoms with Crippen molar-refractivity contribution in [3.05, 3.63) is 182 Å². The van der Waals surface area contributed by atoms with E-state index in [0.29, 0.717) is 0 Å². The minimum atomic E-state index is 1.23. The molecular weight excluding hydrogens is 689 g/mol. The molecule has 54 heavy (non-hydrogen) atoms. The zero-order valence-corrected chi connectivity index (χ0v) is 30.8. The monoisotopic (exact) mass is 718 g/mol. The van der Waals surface area contributed by atoms with Gasteiger partial charge in [0, 0.05) is 45.7 Å². The van der Waals surface area contributed by atoms with Crippen LogP contribution < -0.4 is 0 Å². The second-order valence-electron chi connectivity index (χ2n) is 14.4. The lowest BCUT2D eigenvalue weighted by Gasteiger charge is -2.19. The van der Waals surface area contributed by atoms with E-state index in [1.54, 1.807) is 0 Å². The Labute approximate surface area is 319 Å². The summed E-state index contributed by atoms with van der Waals surface area (Å²) >= 11 is 3.81. The van der Waals surface area contributed by atoms with Crippen LogP contribution in [0.3, 0.4) is 0 Å². The molecule has 0 amide bonds. The van der Waals surface area contributed by atoms with Gasteiger partial charge in [-0.3, -0.25) is 0 Å². The Morgan fingerprint density at radius 3 is 1.63 bits per heavy atom. The molecule has 0 saturated heterocycles. The normalized spacial score (nSPS) is 12.1. The molecule has 0 atom stereocenters. The molecule has 0 saturated carbocycles. The van der Waals surface area contributed by atoms with Gasteiger partial charge in [-0.05, 0) is 101 Å².